The summed E-state index contributed by atoms with van der Waals surface area (Å²) >= 11 is 0. The Kier molecular flexibility index (Phi) is 8.00. The summed E-state index contributed by atoms with van der Waals surface area (Å²) in [5.74, 6) is 2.84. The molecule has 0 fully saturated rings. The van der Waals surface area contributed by atoms with Crippen LogP contribution in [0.25, 0.3) is 0 Å². The molecule has 0 aromatic carbocycles. The first-order valence-corrected chi connectivity index (χ1v) is 8.11. The molecule has 4 nitrogen and oxygen atoms in total. The number of aromatic nitrogens is 2. The van der Waals surface area contributed by atoms with E-state index >= 15 is 0 Å². The molecule has 0 aliphatic carbocycles. The second-order valence-electron chi connectivity index (χ2n) is 5.27. The first-order valence-electron chi connectivity index (χ1n) is 8.11. The van der Waals surface area contributed by atoms with E-state index in [1.807, 2.05) is 6.07 Å². The van der Waals surface area contributed by atoms with Gasteiger partial charge in [0, 0.05) is 25.1 Å². The Morgan fingerprint density at radius 2 is 1.75 bits per heavy atom. The van der Waals surface area contributed by atoms with Crippen molar-refractivity contribution in [2.75, 3.05) is 17.2 Å². The van der Waals surface area contributed by atoms with Crippen molar-refractivity contribution in [2.24, 2.45) is 0 Å². The summed E-state index contributed by atoms with van der Waals surface area (Å²) in [7, 11) is 0. The fourth-order valence-corrected chi connectivity index (χ4v) is 2.19. The van der Waals surface area contributed by atoms with Gasteiger partial charge in [0.15, 0.2) is 0 Å². The fourth-order valence-electron chi connectivity index (χ4n) is 2.19. The molecule has 0 aliphatic heterocycles. The standard InChI is InChI=1S/C16H30N4/c1-5-9-13(8-4)18-16-12-15(17-11-7-3)19-14(20-16)10-6-2/h12-13H,5-11H2,1-4H3,(H2,17,18,19,20). The molecule has 0 aliphatic rings. The van der Waals surface area contributed by atoms with E-state index in [9.17, 15) is 0 Å². The van der Waals surface area contributed by atoms with E-state index in [0.717, 1.165) is 49.7 Å². The molecule has 1 aromatic heterocycles. The highest BCUT2D eigenvalue weighted by Gasteiger charge is 2.09. The summed E-state index contributed by atoms with van der Waals surface area (Å²) in [4.78, 5) is 9.22. The molecule has 0 spiro atoms. The number of aryl methyl sites for hydroxylation is 1. The molecule has 0 saturated heterocycles. The Hall–Kier alpha value is -1.32. The van der Waals surface area contributed by atoms with E-state index in [2.05, 4.69) is 48.3 Å². The predicted molar refractivity (Wildman–Crippen MR) is 87.4 cm³/mol. The zero-order valence-corrected chi connectivity index (χ0v) is 13.5. The van der Waals surface area contributed by atoms with Crippen LogP contribution in [0.1, 0.15) is 65.6 Å². The van der Waals surface area contributed by atoms with Crippen LogP contribution in [0, 0.1) is 0 Å². The molecular weight excluding hydrogens is 248 g/mol. The number of nitrogens with one attached hydrogen (secondary N) is 2. The van der Waals surface area contributed by atoms with Crippen LogP contribution in [0.15, 0.2) is 6.07 Å². The summed E-state index contributed by atoms with van der Waals surface area (Å²) in [6.07, 6.45) is 6.60. The third-order valence-corrected chi connectivity index (χ3v) is 3.28. The highest BCUT2D eigenvalue weighted by atomic mass is 15.1. The van der Waals surface area contributed by atoms with Crippen LogP contribution in [-0.2, 0) is 6.42 Å². The average Bonchev–Trinajstić information content (AvgIpc) is 2.45. The minimum Gasteiger partial charge on any atom is -0.370 e. The minimum atomic E-state index is 0.503. The zero-order chi connectivity index (χ0) is 14.8. The van der Waals surface area contributed by atoms with Gasteiger partial charge in [-0.1, -0.05) is 34.1 Å². The lowest BCUT2D eigenvalue weighted by atomic mass is 10.1. The maximum atomic E-state index is 4.64. The molecule has 20 heavy (non-hydrogen) atoms. The Balaban J connectivity index is 2.83. The highest BCUT2D eigenvalue weighted by Crippen LogP contribution is 2.16. The summed E-state index contributed by atoms with van der Waals surface area (Å²) in [6, 6.07) is 2.54. The van der Waals surface area contributed by atoms with Crippen LogP contribution in [-0.4, -0.2) is 22.6 Å². The van der Waals surface area contributed by atoms with Crippen molar-refractivity contribution in [3.63, 3.8) is 0 Å². The smallest absolute Gasteiger partial charge is 0.133 e. The lowest BCUT2D eigenvalue weighted by molar-refractivity contribution is 0.619. The van der Waals surface area contributed by atoms with E-state index in [1.165, 1.54) is 12.8 Å². The summed E-state index contributed by atoms with van der Waals surface area (Å²) in [5, 5.41) is 6.92. The molecule has 0 bridgehead atoms. The zero-order valence-electron chi connectivity index (χ0n) is 13.5. The maximum Gasteiger partial charge on any atom is 0.133 e. The minimum absolute atomic E-state index is 0.503. The van der Waals surface area contributed by atoms with Crippen molar-refractivity contribution in [2.45, 2.75) is 72.3 Å². The fraction of sp³-hybridized carbons (Fsp3) is 0.750. The largest absolute Gasteiger partial charge is 0.370 e. The molecule has 1 unspecified atom stereocenters. The normalized spacial score (nSPS) is 12.2. The van der Waals surface area contributed by atoms with Crippen molar-refractivity contribution in [3.8, 4) is 0 Å². The lowest BCUT2D eigenvalue weighted by Crippen LogP contribution is -2.19. The first kappa shape index (κ1) is 16.7. The number of hydrogen-bond donors (Lipinski definition) is 2. The second kappa shape index (κ2) is 9.56. The van der Waals surface area contributed by atoms with Crippen molar-refractivity contribution < 1.29 is 0 Å². The molecule has 0 radical (unpaired) electrons. The van der Waals surface area contributed by atoms with Crippen LogP contribution in [0.5, 0.6) is 0 Å². The van der Waals surface area contributed by atoms with Gasteiger partial charge in [-0.15, -0.1) is 0 Å². The van der Waals surface area contributed by atoms with Crippen LogP contribution in [0.2, 0.25) is 0 Å². The van der Waals surface area contributed by atoms with Gasteiger partial charge in [0.25, 0.3) is 0 Å². The Morgan fingerprint density at radius 1 is 1.00 bits per heavy atom. The van der Waals surface area contributed by atoms with E-state index in [0.29, 0.717) is 6.04 Å². The monoisotopic (exact) mass is 278 g/mol. The van der Waals surface area contributed by atoms with Crippen molar-refractivity contribution in [1.82, 2.24) is 9.97 Å². The van der Waals surface area contributed by atoms with Gasteiger partial charge < -0.3 is 10.6 Å². The summed E-state index contributed by atoms with van der Waals surface area (Å²) in [5.41, 5.74) is 0. The van der Waals surface area contributed by atoms with Crippen molar-refractivity contribution in [1.29, 1.82) is 0 Å². The SMILES string of the molecule is CCCNc1cc(NC(CC)CCC)nc(CCC)n1. The van der Waals surface area contributed by atoms with Gasteiger partial charge in [0.05, 0.1) is 0 Å². The third kappa shape index (κ3) is 5.76. The number of hydrogen-bond acceptors (Lipinski definition) is 4. The van der Waals surface area contributed by atoms with Gasteiger partial charge in [0.1, 0.15) is 17.5 Å². The van der Waals surface area contributed by atoms with Crippen LogP contribution < -0.4 is 10.6 Å². The van der Waals surface area contributed by atoms with Crippen LogP contribution in [0.3, 0.4) is 0 Å². The van der Waals surface area contributed by atoms with E-state index < -0.39 is 0 Å². The van der Waals surface area contributed by atoms with Gasteiger partial charge in [-0.2, -0.15) is 0 Å². The van der Waals surface area contributed by atoms with Gasteiger partial charge in [-0.3, -0.25) is 0 Å². The van der Waals surface area contributed by atoms with Gasteiger partial charge >= 0.3 is 0 Å². The molecule has 114 valence electrons. The van der Waals surface area contributed by atoms with Crippen molar-refractivity contribution >= 4 is 11.6 Å². The van der Waals surface area contributed by atoms with Gasteiger partial charge in [-0.05, 0) is 25.7 Å². The molecule has 2 N–H and O–H groups in total. The topological polar surface area (TPSA) is 49.8 Å². The lowest BCUT2D eigenvalue weighted by Gasteiger charge is -2.18. The summed E-state index contributed by atoms with van der Waals surface area (Å²) < 4.78 is 0. The Bertz CT molecular complexity index is 379. The number of nitrogens with zero attached hydrogens (tertiary/aromatic N) is 2. The van der Waals surface area contributed by atoms with E-state index in [1.54, 1.807) is 0 Å². The Morgan fingerprint density at radius 3 is 2.35 bits per heavy atom. The second-order valence-corrected chi connectivity index (χ2v) is 5.27. The molecular formula is C16H30N4. The molecule has 4 heteroatoms. The highest BCUT2D eigenvalue weighted by molar-refractivity contribution is 5.48. The molecule has 0 amide bonds. The molecule has 0 saturated carbocycles. The van der Waals surface area contributed by atoms with Gasteiger partial charge in [-0.25, -0.2) is 9.97 Å². The average molecular weight is 278 g/mol. The summed E-state index contributed by atoms with van der Waals surface area (Å²) in [6.45, 7) is 9.72. The quantitative estimate of drug-likeness (QED) is 0.672. The van der Waals surface area contributed by atoms with Crippen molar-refractivity contribution in [3.05, 3.63) is 11.9 Å². The van der Waals surface area contributed by atoms with Crippen LogP contribution >= 0.6 is 0 Å². The first-order chi connectivity index (χ1) is 9.73. The molecule has 1 rings (SSSR count). The van der Waals surface area contributed by atoms with E-state index in [4.69, 9.17) is 0 Å². The molecule has 1 heterocycles. The Labute approximate surface area is 123 Å². The third-order valence-electron chi connectivity index (χ3n) is 3.28. The predicted octanol–water partition coefficient (Wildman–Crippen LogP) is 4.24. The molecule has 1 aromatic rings. The van der Waals surface area contributed by atoms with E-state index in [-0.39, 0.29) is 0 Å². The molecule has 1 atom stereocenters. The number of anilines is 2. The van der Waals surface area contributed by atoms with Gasteiger partial charge in [0.2, 0.25) is 0 Å². The maximum absolute atomic E-state index is 4.64. The van der Waals surface area contributed by atoms with Crippen LogP contribution in [0.4, 0.5) is 11.6 Å². The number of rotatable bonds is 10.